The van der Waals surface area contributed by atoms with Crippen LogP contribution in [0.2, 0.25) is 0 Å². The zero-order valence-corrected chi connectivity index (χ0v) is 18.0. The van der Waals surface area contributed by atoms with Crippen LogP contribution < -0.4 is 15.4 Å². The predicted octanol–water partition coefficient (Wildman–Crippen LogP) is 3.88. The molecule has 6 heteroatoms. The number of hydrogen-bond acceptors (Lipinski definition) is 3. The van der Waals surface area contributed by atoms with E-state index in [1.807, 2.05) is 18.2 Å². The average molecular weight is 389 g/mol. The standard InChI is InChI=1S/C22H36N4O2/c1-6-23-22(26(4)15-18-9-7-16(2)8-10-18)24-14-19-11-12-21(28-5)20(13-19)25-17(3)27/h11-13,16,18H,6-10,14-15H2,1-5H3,(H,23,24)(H,25,27). The van der Waals surface area contributed by atoms with Gasteiger partial charge in [-0.3, -0.25) is 4.79 Å². The van der Waals surface area contributed by atoms with Crippen molar-refractivity contribution in [2.24, 2.45) is 16.8 Å². The van der Waals surface area contributed by atoms with E-state index >= 15 is 0 Å². The summed E-state index contributed by atoms with van der Waals surface area (Å²) in [7, 11) is 3.72. The van der Waals surface area contributed by atoms with Crippen LogP contribution in [-0.4, -0.2) is 44.0 Å². The Kier molecular flexibility index (Phi) is 8.61. The third-order valence-electron chi connectivity index (χ3n) is 5.35. The van der Waals surface area contributed by atoms with Crippen LogP contribution in [0.1, 0.15) is 52.0 Å². The van der Waals surface area contributed by atoms with E-state index in [1.165, 1.54) is 32.6 Å². The van der Waals surface area contributed by atoms with Gasteiger partial charge >= 0.3 is 0 Å². The van der Waals surface area contributed by atoms with Crippen molar-refractivity contribution in [3.8, 4) is 5.75 Å². The Bertz CT molecular complexity index is 667. The summed E-state index contributed by atoms with van der Waals surface area (Å²) in [6.45, 7) is 8.37. The summed E-state index contributed by atoms with van der Waals surface area (Å²) in [6.07, 6.45) is 5.29. The van der Waals surface area contributed by atoms with Gasteiger partial charge in [-0.25, -0.2) is 4.99 Å². The van der Waals surface area contributed by atoms with Crippen LogP contribution in [0.3, 0.4) is 0 Å². The molecule has 0 heterocycles. The van der Waals surface area contributed by atoms with E-state index in [0.29, 0.717) is 18.0 Å². The topological polar surface area (TPSA) is 66.0 Å². The lowest BCUT2D eigenvalue weighted by molar-refractivity contribution is -0.114. The molecule has 1 aromatic rings. The Morgan fingerprint density at radius 3 is 2.61 bits per heavy atom. The van der Waals surface area contributed by atoms with Gasteiger partial charge < -0.3 is 20.3 Å². The van der Waals surface area contributed by atoms with Crippen molar-refractivity contribution in [1.82, 2.24) is 10.2 Å². The summed E-state index contributed by atoms with van der Waals surface area (Å²) in [6, 6.07) is 5.78. The number of amides is 1. The third-order valence-corrected chi connectivity index (χ3v) is 5.35. The molecule has 0 saturated heterocycles. The van der Waals surface area contributed by atoms with E-state index in [1.54, 1.807) is 7.11 Å². The van der Waals surface area contributed by atoms with Gasteiger partial charge in [0.25, 0.3) is 0 Å². The van der Waals surface area contributed by atoms with E-state index in [2.05, 4.69) is 36.4 Å². The molecule has 0 aliphatic heterocycles. The van der Waals surface area contributed by atoms with Gasteiger partial charge in [-0.05, 0) is 49.3 Å². The summed E-state index contributed by atoms with van der Waals surface area (Å²) < 4.78 is 5.32. The predicted molar refractivity (Wildman–Crippen MR) is 116 cm³/mol. The van der Waals surface area contributed by atoms with Crippen LogP contribution in [0, 0.1) is 11.8 Å². The smallest absolute Gasteiger partial charge is 0.221 e. The molecule has 6 nitrogen and oxygen atoms in total. The maximum Gasteiger partial charge on any atom is 0.221 e. The van der Waals surface area contributed by atoms with Gasteiger partial charge in [0.15, 0.2) is 5.96 Å². The van der Waals surface area contributed by atoms with Gasteiger partial charge in [0.2, 0.25) is 5.91 Å². The first-order chi connectivity index (χ1) is 13.4. The van der Waals surface area contributed by atoms with E-state index in [4.69, 9.17) is 9.73 Å². The molecule has 2 rings (SSSR count). The van der Waals surface area contributed by atoms with Gasteiger partial charge in [-0.1, -0.05) is 25.8 Å². The second-order valence-electron chi connectivity index (χ2n) is 7.89. The largest absolute Gasteiger partial charge is 0.495 e. The van der Waals surface area contributed by atoms with Crippen LogP contribution in [0.4, 0.5) is 5.69 Å². The molecule has 2 N–H and O–H groups in total. The lowest BCUT2D eigenvalue weighted by Gasteiger charge is -2.31. The minimum Gasteiger partial charge on any atom is -0.495 e. The van der Waals surface area contributed by atoms with Crippen molar-refractivity contribution in [3.05, 3.63) is 23.8 Å². The fraction of sp³-hybridized carbons (Fsp3) is 0.636. The molecule has 1 aliphatic rings. The Balaban J connectivity index is 2.05. The van der Waals surface area contributed by atoms with Crippen molar-refractivity contribution in [2.45, 2.75) is 53.0 Å². The van der Waals surface area contributed by atoms with E-state index in [9.17, 15) is 4.79 Å². The molecule has 0 spiro atoms. The number of nitrogens with zero attached hydrogens (tertiary/aromatic N) is 2. The molecular formula is C22H36N4O2. The highest BCUT2D eigenvalue weighted by atomic mass is 16.5. The normalized spacial score (nSPS) is 19.8. The molecule has 0 radical (unpaired) electrons. The molecule has 0 unspecified atom stereocenters. The Hall–Kier alpha value is -2.24. The van der Waals surface area contributed by atoms with Crippen molar-refractivity contribution in [1.29, 1.82) is 0 Å². The van der Waals surface area contributed by atoms with E-state index < -0.39 is 0 Å². The Morgan fingerprint density at radius 2 is 2.00 bits per heavy atom. The van der Waals surface area contributed by atoms with Crippen molar-refractivity contribution in [2.75, 3.05) is 32.6 Å². The first-order valence-electron chi connectivity index (χ1n) is 10.4. The fourth-order valence-corrected chi connectivity index (χ4v) is 3.76. The van der Waals surface area contributed by atoms with Crippen molar-refractivity contribution >= 4 is 17.6 Å². The second-order valence-corrected chi connectivity index (χ2v) is 7.89. The number of methoxy groups -OCH3 is 1. The monoisotopic (exact) mass is 388 g/mol. The number of hydrogen-bond donors (Lipinski definition) is 2. The van der Waals surface area contributed by atoms with Crippen molar-refractivity contribution < 1.29 is 9.53 Å². The molecule has 0 atom stereocenters. The average Bonchev–Trinajstić information content (AvgIpc) is 2.66. The Labute approximate surface area is 169 Å². The number of aliphatic imine (C=N–C) groups is 1. The number of ether oxygens (including phenoxy) is 1. The molecule has 1 amide bonds. The molecule has 28 heavy (non-hydrogen) atoms. The third kappa shape index (κ3) is 6.73. The van der Waals surface area contributed by atoms with E-state index in [-0.39, 0.29) is 5.91 Å². The van der Waals surface area contributed by atoms with Crippen LogP contribution >= 0.6 is 0 Å². The van der Waals surface area contributed by atoms with Crippen molar-refractivity contribution in [3.63, 3.8) is 0 Å². The maximum absolute atomic E-state index is 11.4. The number of benzene rings is 1. The zero-order valence-electron chi connectivity index (χ0n) is 18.0. The first-order valence-corrected chi connectivity index (χ1v) is 10.4. The lowest BCUT2D eigenvalue weighted by atomic mass is 9.83. The number of guanidine groups is 1. The molecule has 1 aliphatic carbocycles. The Morgan fingerprint density at radius 1 is 1.29 bits per heavy atom. The molecule has 156 valence electrons. The van der Waals surface area contributed by atoms with Gasteiger partial charge in [0.05, 0.1) is 19.3 Å². The summed E-state index contributed by atoms with van der Waals surface area (Å²) in [4.78, 5) is 18.5. The molecule has 1 saturated carbocycles. The highest BCUT2D eigenvalue weighted by molar-refractivity contribution is 5.90. The number of anilines is 1. The van der Waals surface area contributed by atoms with Gasteiger partial charge in [0.1, 0.15) is 5.75 Å². The minimum absolute atomic E-state index is 0.117. The van der Waals surface area contributed by atoms with Gasteiger partial charge in [-0.2, -0.15) is 0 Å². The lowest BCUT2D eigenvalue weighted by Crippen LogP contribution is -2.41. The molecule has 0 aromatic heterocycles. The quantitative estimate of drug-likeness (QED) is 0.550. The van der Waals surface area contributed by atoms with Crippen LogP contribution in [-0.2, 0) is 11.3 Å². The summed E-state index contributed by atoms with van der Waals surface area (Å²) in [5.74, 6) is 3.08. The summed E-state index contributed by atoms with van der Waals surface area (Å²) in [5, 5.41) is 6.22. The summed E-state index contributed by atoms with van der Waals surface area (Å²) >= 11 is 0. The highest BCUT2D eigenvalue weighted by Gasteiger charge is 2.20. The SMILES string of the molecule is CCNC(=NCc1ccc(OC)c(NC(C)=O)c1)N(C)CC1CCC(C)CC1. The van der Waals surface area contributed by atoms with Crippen LogP contribution in [0.5, 0.6) is 5.75 Å². The number of nitrogens with one attached hydrogen (secondary N) is 2. The van der Waals surface area contributed by atoms with Gasteiger partial charge in [-0.15, -0.1) is 0 Å². The highest BCUT2D eigenvalue weighted by Crippen LogP contribution is 2.29. The number of carbonyl (C=O) groups excluding carboxylic acids is 1. The molecular weight excluding hydrogens is 352 g/mol. The minimum atomic E-state index is -0.117. The summed E-state index contributed by atoms with van der Waals surface area (Å²) in [5.41, 5.74) is 1.71. The maximum atomic E-state index is 11.4. The molecule has 0 bridgehead atoms. The molecule has 1 aromatic carbocycles. The van der Waals surface area contributed by atoms with Crippen LogP contribution in [0.25, 0.3) is 0 Å². The zero-order chi connectivity index (χ0) is 20.5. The van der Waals surface area contributed by atoms with Gasteiger partial charge in [0, 0.05) is 27.1 Å². The second kappa shape index (κ2) is 10.9. The first kappa shape index (κ1) is 22.1. The number of rotatable bonds is 7. The number of carbonyl (C=O) groups is 1. The fourth-order valence-electron chi connectivity index (χ4n) is 3.76. The van der Waals surface area contributed by atoms with Crippen LogP contribution in [0.15, 0.2) is 23.2 Å². The van der Waals surface area contributed by atoms with E-state index in [0.717, 1.165) is 36.4 Å². The molecule has 1 fully saturated rings.